The molecule has 0 saturated carbocycles. The maximum atomic E-state index is 12.9. The number of aromatic nitrogens is 1. The van der Waals surface area contributed by atoms with E-state index in [9.17, 15) is 13.6 Å². The van der Waals surface area contributed by atoms with Crippen LogP contribution in [0.5, 0.6) is 0 Å². The Kier molecular flexibility index (Phi) is 5.15. The minimum Gasteiger partial charge on any atom is -0.460 e. The zero-order chi connectivity index (χ0) is 15.6. The molecule has 21 heavy (non-hydrogen) atoms. The number of carbonyl (C=O) groups is 1. The largest absolute Gasteiger partial charge is 0.460 e. The van der Waals surface area contributed by atoms with Gasteiger partial charge in [0.05, 0.1) is 11.6 Å². The number of carbonyl (C=O) groups excluding carboxylic acids is 1. The van der Waals surface area contributed by atoms with E-state index in [1.54, 1.807) is 19.1 Å². The number of benzene rings is 1. The van der Waals surface area contributed by atoms with Crippen LogP contribution < -0.4 is 0 Å². The zero-order valence-electron chi connectivity index (χ0n) is 10.7. The molecule has 0 bridgehead atoms. The third-order valence-corrected chi connectivity index (χ3v) is 4.06. The van der Waals surface area contributed by atoms with Gasteiger partial charge in [-0.05, 0) is 47.7 Å². The summed E-state index contributed by atoms with van der Waals surface area (Å²) in [5, 5.41) is 0.433. The van der Waals surface area contributed by atoms with Crippen molar-refractivity contribution in [3.63, 3.8) is 0 Å². The molecule has 1 aromatic carbocycles. The van der Waals surface area contributed by atoms with Gasteiger partial charge in [0.25, 0.3) is 6.43 Å². The summed E-state index contributed by atoms with van der Waals surface area (Å²) >= 11 is 8.00. The number of hydrogen-bond donors (Lipinski definition) is 0. The summed E-state index contributed by atoms with van der Waals surface area (Å²) in [6.07, 6.45) is -2.94. The molecule has 1 aromatic heterocycles. The highest BCUT2D eigenvalue weighted by Gasteiger charge is 2.28. The summed E-state index contributed by atoms with van der Waals surface area (Å²) in [7, 11) is 0. The summed E-state index contributed by atoms with van der Waals surface area (Å²) in [6, 6.07) is 4.83. The number of nitrogens with zero attached hydrogens (tertiary/aromatic N) is 1. The lowest BCUT2D eigenvalue weighted by molar-refractivity contribution is 0.0476. The molecule has 0 amide bonds. The number of oxazole rings is 1. The molecule has 0 fully saturated rings. The Balaban J connectivity index is 2.48. The van der Waals surface area contributed by atoms with E-state index in [-0.39, 0.29) is 12.5 Å². The Hall–Kier alpha value is -1.22. The van der Waals surface area contributed by atoms with Crippen LogP contribution in [0.15, 0.2) is 22.6 Å². The smallest absolute Gasteiger partial charge is 0.376 e. The van der Waals surface area contributed by atoms with Crippen molar-refractivity contribution in [1.29, 1.82) is 0 Å². The number of hydrogen-bond acceptors (Lipinski definition) is 4. The van der Waals surface area contributed by atoms with Gasteiger partial charge in [-0.15, -0.1) is 0 Å². The van der Waals surface area contributed by atoms with Gasteiger partial charge in [-0.1, -0.05) is 11.6 Å². The van der Waals surface area contributed by atoms with Crippen molar-refractivity contribution in [1.82, 2.24) is 4.98 Å². The molecule has 0 aliphatic rings. The van der Waals surface area contributed by atoms with Gasteiger partial charge in [-0.3, -0.25) is 0 Å². The van der Waals surface area contributed by atoms with Gasteiger partial charge in [-0.25, -0.2) is 18.6 Å². The van der Waals surface area contributed by atoms with Crippen LogP contribution in [0.4, 0.5) is 8.78 Å². The van der Waals surface area contributed by atoms with Gasteiger partial charge in [0.2, 0.25) is 11.7 Å². The maximum Gasteiger partial charge on any atom is 0.376 e. The Bertz CT molecular complexity index is 675. The molecule has 0 aliphatic heterocycles. The molecule has 0 aliphatic carbocycles. The zero-order valence-corrected chi connectivity index (χ0v) is 13.6. The highest BCUT2D eigenvalue weighted by Crippen LogP contribution is 2.31. The quantitative estimate of drug-likeness (QED) is 0.524. The predicted octanol–water partition coefficient (Wildman–Crippen LogP) is 4.71. The molecule has 0 N–H and O–H groups in total. The normalized spacial score (nSPS) is 11.0. The molecule has 1 heterocycles. The first-order chi connectivity index (χ1) is 9.93. The molecule has 0 radical (unpaired) electrons. The second-order valence-electron chi connectivity index (χ2n) is 3.88. The topological polar surface area (TPSA) is 52.3 Å². The first-order valence-corrected chi connectivity index (χ1v) is 7.31. The van der Waals surface area contributed by atoms with Crippen molar-refractivity contribution in [3.05, 3.63) is 38.2 Å². The van der Waals surface area contributed by atoms with Crippen LogP contribution in [0.2, 0.25) is 5.02 Å². The van der Waals surface area contributed by atoms with E-state index in [2.05, 4.69) is 9.72 Å². The lowest BCUT2D eigenvalue weighted by Gasteiger charge is -1.99. The fourth-order valence-electron chi connectivity index (χ4n) is 1.58. The second kappa shape index (κ2) is 6.69. The van der Waals surface area contributed by atoms with Crippen LogP contribution in [-0.2, 0) is 4.74 Å². The van der Waals surface area contributed by atoms with E-state index < -0.39 is 23.8 Å². The van der Waals surface area contributed by atoms with Crippen molar-refractivity contribution >= 4 is 40.2 Å². The van der Waals surface area contributed by atoms with Gasteiger partial charge < -0.3 is 9.15 Å². The SMILES string of the molecule is CCOC(=O)c1oc(-c2ccc(I)c(Cl)c2)nc1C(F)F. The molecular formula is C13H9ClF2INO3. The number of halogens is 4. The fourth-order valence-corrected chi connectivity index (χ4v) is 2.09. The molecular weight excluding hydrogens is 419 g/mol. The van der Waals surface area contributed by atoms with Gasteiger partial charge in [0.1, 0.15) is 0 Å². The Morgan fingerprint density at radius 1 is 1.52 bits per heavy atom. The maximum absolute atomic E-state index is 12.9. The van der Waals surface area contributed by atoms with Gasteiger partial charge >= 0.3 is 5.97 Å². The average Bonchev–Trinajstić information content (AvgIpc) is 2.87. The van der Waals surface area contributed by atoms with E-state index in [0.29, 0.717) is 10.6 Å². The number of rotatable bonds is 4. The van der Waals surface area contributed by atoms with E-state index in [1.807, 2.05) is 22.6 Å². The highest BCUT2D eigenvalue weighted by molar-refractivity contribution is 14.1. The summed E-state index contributed by atoms with van der Waals surface area (Å²) in [5.74, 6) is -1.66. The van der Waals surface area contributed by atoms with Crippen LogP contribution >= 0.6 is 34.2 Å². The minimum absolute atomic E-state index is 0.0485. The van der Waals surface area contributed by atoms with Crippen molar-refractivity contribution in [2.45, 2.75) is 13.3 Å². The lowest BCUT2D eigenvalue weighted by Crippen LogP contribution is -2.06. The molecule has 0 unspecified atom stereocenters. The van der Waals surface area contributed by atoms with Crippen LogP contribution in [0.3, 0.4) is 0 Å². The first kappa shape index (κ1) is 16.2. The van der Waals surface area contributed by atoms with Crippen molar-refractivity contribution < 1.29 is 22.7 Å². The van der Waals surface area contributed by atoms with E-state index in [1.165, 1.54) is 6.07 Å². The Morgan fingerprint density at radius 3 is 2.81 bits per heavy atom. The fraction of sp³-hybridized carbons (Fsp3) is 0.231. The third-order valence-electron chi connectivity index (χ3n) is 2.49. The van der Waals surface area contributed by atoms with E-state index in [4.69, 9.17) is 16.0 Å². The van der Waals surface area contributed by atoms with Gasteiger partial charge in [0, 0.05) is 9.13 Å². The van der Waals surface area contributed by atoms with Crippen molar-refractivity contribution in [3.8, 4) is 11.5 Å². The number of esters is 1. The molecule has 0 atom stereocenters. The van der Waals surface area contributed by atoms with E-state index in [0.717, 1.165) is 3.57 Å². The number of ether oxygens (including phenoxy) is 1. The summed E-state index contributed by atoms with van der Waals surface area (Å²) < 4.78 is 36.5. The minimum atomic E-state index is -2.94. The van der Waals surface area contributed by atoms with Crippen LogP contribution in [0.1, 0.15) is 29.6 Å². The average molecular weight is 428 g/mol. The Morgan fingerprint density at radius 2 is 2.24 bits per heavy atom. The standard InChI is InChI=1S/C13H9ClF2INO3/c1-2-20-13(19)10-9(11(15)16)18-12(21-10)6-3-4-8(17)7(14)5-6/h3-5,11H,2H2,1H3. The lowest BCUT2D eigenvalue weighted by atomic mass is 10.2. The summed E-state index contributed by atoms with van der Waals surface area (Å²) in [4.78, 5) is 15.3. The molecule has 0 spiro atoms. The molecule has 8 heteroatoms. The first-order valence-electron chi connectivity index (χ1n) is 5.85. The molecule has 4 nitrogen and oxygen atoms in total. The summed E-state index contributed by atoms with van der Waals surface area (Å²) in [6.45, 7) is 1.61. The van der Waals surface area contributed by atoms with Crippen LogP contribution in [0, 0.1) is 3.57 Å². The van der Waals surface area contributed by atoms with E-state index >= 15 is 0 Å². The van der Waals surface area contributed by atoms with Crippen molar-refractivity contribution in [2.24, 2.45) is 0 Å². The molecule has 0 saturated heterocycles. The predicted molar refractivity (Wildman–Crippen MR) is 80.6 cm³/mol. The highest BCUT2D eigenvalue weighted by atomic mass is 127. The number of alkyl halides is 2. The van der Waals surface area contributed by atoms with Crippen molar-refractivity contribution in [2.75, 3.05) is 6.61 Å². The van der Waals surface area contributed by atoms with Gasteiger partial charge in [-0.2, -0.15) is 0 Å². The van der Waals surface area contributed by atoms with Crippen LogP contribution in [-0.4, -0.2) is 17.6 Å². The second-order valence-corrected chi connectivity index (χ2v) is 5.45. The molecule has 112 valence electrons. The molecule has 2 aromatic rings. The third kappa shape index (κ3) is 3.52. The van der Waals surface area contributed by atoms with Gasteiger partial charge in [0.15, 0.2) is 5.69 Å². The summed E-state index contributed by atoms with van der Waals surface area (Å²) in [5.41, 5.74) is -0.337. The molecule has 2 rings (SSSR count). The monoisotopic (exact) mass is 427 g/mol. The Labute approximate surface area is 137 Å². The van der Waals surface area contributed by atoms with Crippen LogP contribution in [0.25, 0.3) is 11.5 Å².